The number of fused-ring (bicyclic) bond motifs is 1. The highest BCUT2D eigenvalue weighted by atomic mass is 35.5. The van der Waals surface area contributed by atoms with Gasteiger partial charge in [-0.3, -0.25) is 0 Å². The first kappa shape index (κ1) is 21.0. The lowest BCUT2D eigenvalue weighted by atomic mass is 9.90. The topological polar surface area (TPSA) is 52.9 Å². The number of benzene rings is 2. The lowest BCUT2D eigenvalue weighted by Crippen LogP contribution is -2.25. The highest BCUT2D eigenvalue weighted by molar-refractivity contribution is 6.30. The zero-order chi connectivity index (χ0) is 21.1. The Kier molecular flexibility index (Phi) is 6.30. The molecule has 2 aromatic carbocycles. The molecular formula is C23H23ClFNO3. The number of aliphatic hydroxyl groups is 2. The monoisotopic (exact) mass is 415 g/mol. The van der Waals surface area contributed by atoms with Gasteiger partial charge < -0.3 is 19.8 Å². The van der Waals surface area contributed by atoms with Crippen molar-refractivity contribution in [2.24, 2.45) is 0 Å². The molecule has 0 unspecified atom stereocenters. The third-order valence-corrected chi connectivity index (χ3v) is 5.08. The smallest absolute Gasteiger partial charge is 0.145 e. The first-order valence-electron chi connectivity index (χ1n) is 9.27. The van der Waals surface area contributed by atoms with Gasteiger partial charge in [-0.25, -0.2) is 4.39 Å². The molecule has 29 heavy (non-hydrogen) atoms. The van der Waals surface area contributed by atoms with Crippen LogP contribution in [0.15, 0.2) is 61.0 Å². The van der Waals surface area contributed by atoms with E-state index < -0.39 is 5.82 Å². The number of β-amino-alcohol motifs (C(OH)–C–C–N with tert-alkyl or cyclic N) is 1. The highest BCUT2D eigenvalue weighted by Crippen LogP contribution is 2.42. The van der Waals surface area contributed by atoms with E-state index in [0.29, 0.717) is 35.6 Å². The molecule has 1 aliphatic rings. The number of nitrogens with zero attached hydrogens (tertiary/aromatic N) is 1. The molecule has 1 heterocycles. The summed E-state index contributed by atoms with van der Waals surface area (Å²) < 4.78 is 20.3. The average molecular weight is 416 g/mol. The maximum atomic E-state index is 14.5. The Labute approximate surface area is 174 Å². The third-order valence-electron chi connectivity index (χ3n) is 4.79. The van der Waals surface area contributed by atoms with Crippen LogP contribution >= 0.6 is 11.6 Å². The summed E-state index contributed by atoms with van der Waals surface area (Å²) in [5.74, 6) is 0.0420. The number of halogens is 2. The summed E-state index contributed by atoms with van der Waals surface area (Å²) in [5, 5.41) is 19.5. The van der Waals surface area contributed by atoms with E-state index in [0.717, 1.165) is 16.8 Å². The second kappa shape index (κ2) is 8.72. The minimum Gasteiger partial charge on any atom is -0.508 e. The van der Waals surface area contributed by atoms with Gasteiger partial charge in [-0.05, 0) is 35.8 Å². The van der Waals surface area contributed by atoms with E-state index in [9.17, 15) is 14.6 Å². The predicted octanol–water partition coefficient (Wildman–Crippen LogP) is 5.25. The summed E-state index contributed by atoms with van der Waals surface area (Å²) in [6, 6.07) is 8.63. The Morgan fingerprint density at radius 1 is 1.28 bits per heavy atom. The van der Waals surface area contributed by atoms with Crippen LogP contribution < -0.4 is 9.64 Å². The Morgan fingerprint density at radius 3 is 2.69 bits per heavy atom. The molecular weight excluding hydrogens is 393 g/mol. The fraction of sp³-hybridized carbons (Fsp3) is 0.217. The van der Waals surface area contributed by atoms with Crippen LogP contribution in [0.5, 0.6) is 5.75 Å². The van der Waals surface area contributed by atoms with E-state index in [1.807, 2.05) is 24.0 Å². The van der Waals surface area contributed by atoms with Gasteiger partial charge in [0, 0.05) is 36.4 Å². The standard InChI is InChI=1S/C23H23ClFNO3/c1-4-29-22-12-21-18(14(2)19(15(3)28)13-26(21)8-9-27)11-17(22)10-16-6-5-7-20(24)23(16)25/h5-7,11-13,27-28H,2-4,8-10H2,1H3. The van der Waals surface area contributed by atoms with Crippen LogP contribution in [0.2, 0.25) is 5.02 Å². The van der Waals surface area contributed by atoms with Gasteiger partial charge in [0.25, 0.3) is 0 Å². The summed E-state index contributed by atoms with van der Waals surface area (Å²) in [7, 11) is 0. The van der Waals surface area contributed by atoms with Crippen LogP contribution in [-0.2, 0) is 6.42 Å². The van der Waals surface area contributed by atoms with E-state index in [4.69, 9.17) is 16.3 Å². The number of hydrogen-bond donors (Lipinski definition) is 2. The largest absolute Gasteiger partial charge is 0.508 e. The number of rotatable bonds is 7. The molecule has 0 aliphatic carbocycles. The van der Waals surface area contributed by atoms with Crippen molar-refractivity contribution < 1.29 is 19.3 Å². The van der Waals surface area contributed by atoms with Crippen LogP contribution in [0, 0.1) is 5.82 Å². The normalized spacial score (nSPS) is 13.2. The molecule has 2 aromatic rings. The van der Waals surface area contributed by atoms with Crippen molar-refractivity contribution in [2.75, 3.05) is 24.7 Å². The van der Waals surface area contributed by atoms with Crippen LogP contribution in [0.4, 0.5) is 10.1 Å². The second-order valence-electron chi connectivity index (χ2n) is 6.68. The Bertz CT molecular complexity index is 1000. The first-order valence-corrected chi connectivity index (χ1v) is 9.65. The second-order valence-corrected chi connectivity index (χ2v) is 7.09. The fourth-order valence-electron chi connectivity index (χ4n) is 3.40. The Morgan fingerprint density at radius 2 is 2.03 bits per heavy atom. The van der Waals surface area contributed by atoms with Gasteiger partial charge in [-0.2, -0.15) is 0 Å². The molecule has 0 aromatic heterocycles. The minimum atomic E-state index is -0.459. The maximum absolute atomic E-state index is 14.5. The van der Waals surface area contributed by atoms with Crippen LogP contribution in [-0.4, -0.2) is 30.0 Å². The van der Waals surface area contributed by atoms with Gasteiger partial charge in [-0.15, -0.1) is 0 Å². The minimum absolute atomic E-state index is 0.0683. The Balaban J connectivity index is 2.13. The lowest BCUT2D eigenvalue weighted by Gasteiger charge is -2.31. The van der Waals surface area contributed by atoms with Crippen molar-refractivity contribution in [3.8, 4) is 5.75 Å². The van der Waals surface area contributed by atoms with Gasteiger partial charge in [-0.1, -0.05) is 36.9 Å². The van der Waals surface area contributed by atoms with Gasteiger partial charge >= 0.3 is 0 Å². The SMILES string of the molecule is C=C(O)C1=CN(CCO)c2cc(OCC)c(Cc3cccc(Cl)c3F)cc2C1=C. The van der Waals surface area contributed by atoms with E-state index >= 15 is 0 Å². The lowest BCUT2D eigenvalue weighted by molar-refractivity contribution is 0.305. The molecule has 0 fully saturated rings. The van der Waals surface area contributed by atoms with E-state index in [1.54, 1.807) is 18.3 Å². The van der Waals surface area contributed by atoms with Crippen molar-refractivity contribution >= 4 is 22.9 Å². The molecule has 1 aliphatic heterocycles. The quantitative estimate of drug-likeness (QED) is 0.606. The molecule has 0 saturated heterocycles. The number of hydrogen-bond acceptors (Lipinski definition) is 4. The third kappa shape index (κ3) is 4.16. The summed E-state index contributed by atoms with van der Waals surface area (Å²) in [5.41, 5.74) is 3.84. The van der Waals surface area contributed by atoms with Crippen molar-refractivity contribution in [1.82, 2.24) is 0 Å². The molecule has 2 N–H and O–H groups in total. The van der Waals surface area contributed by atoms with Crippen molar-refractivity contribution in [2.45, 2.75) is 13.3 Å². The summed E-state index contributed by atoms with van der Waals surface area (Å²) in [6.45, 7) is 10.3. The van der Waals surface area contributed by atoms with Crippen LogP contribution in [0.1, 0.15) is 23.6 Å². The fourth-order valence-corrected chi connectivity index (χ4v) is 3.60. The van der Waals surface area contributed by atoms with Crippen molar-refractivity contribution in [3.05, 3.63) is 88.6 Å². The number of allylic oxidation sites excluding steroid dienone is 1. The predicted molar refractivity (Wildman–Crippen MR) is 115 cm³/mol. The molecule has 0 saturated carbocycles. The van der Waals surface area contributed by atoms with Gasteiger partial charge in [0.15, 0.2) is 0 Å². The molecule has 0 bridgehead atoms. The molecule has 152 valence electrons. The van der Waals surface area contributed by atoms with Crippen molar-refractivity contribution in [3.63, 3.8) is 0 Å². The highest BCUT2D eigenvalue weighted by Gasteiger charge is 2.25. The molecule has 0 amide bonds. The molecule has 0 atom stereocenters. The summed E-state index contributed by atoms with van der Waals surface area (Å²) in [6.07, 6.45) is 1.98. The average Bonchev–Trinajstić information content (AvgIpc) is 2.68. The molecule has 4 nitrogen and oxygen atoms in total. The van der Waals surface area contributed by atoms with Crippen LogP contribution in [0.3, 0.4) is 0 Å². The maximum Gasteiger partial charge on any atom is 0.145 e. The zero-order valence-electron chi connectivity index (χ0n) is 16.2. The molecule has 0 radical (unpaired) electrons. The van der Waals surface area contributed by atoms with Crippen LogP contribution in [0.25, 0.3) is 5.57 Å². The van der Waals surface area contributed by atoms with Gasteiger partial charge in [0.2, 0.25) is 0 Å². The Hall–Kier alpha value is -2.76. The summed E-state index contributed by atoms with van der Waals surface area (Å²) >= 11 is 5.93. The molecule has 3 rings (SSSR count). The van der Waals surface area contributed by atoms with Crippen molar-refractivity contribution in [1.29, 1.82) is 0 Å². The first-order chi connectivity index (χ1) is 13.9. The van der Waals surface area contributed by atoms with Gasteiger partial charge in [0.1, 0.15) is 17.3 Å². The molecule has 0 spiro atoms. The van der Waals surface area contributed by atoms with E-state index in [1.165, 1.54) is 6.07 Å². The zero-order valence-corrected chi connectivity index (χ0v) is 17.0. The number of aliphatic hydroxyl groups excluding tert-OH is 2. The number of ether oxygens (including phenoxy) is 1. The summed E-state index contributed by atoms with van der Waals surface area (Å²) in [4.78, 5) is 1.81. The van der Waals surface area contributed by atoms with E-state index in [2.05, 4.69) is 13.2 Å². The molecule has 6 heteroatoms. The van der Waals surface area contributed by atoms with E-state index in [-0.39, 0.29) is 23.8 Å². The number of anilines is 1. The van der Waals surface area contributed by atoms with Gasteiger partial charge in [0.05, 0.1) is 23.9 Å².